The van der Waals surface area contributed by atoms with Gasteiger partial charge in [0, 0.05) is 26.2 Å². The molecule has 1 rings (SSSR count). The standard InChI is InChI=1S/C15H18N4O3/c1-11(20)19(8-7-16)10-12(9-17)15(21)18-13-5-3-4-6-14(13)22-2/h3-6,10H,7-8,16H2,1-2H3,(H,18,21)/b12-10-. The molecular weight excluding hydrogens is 284 g/mol. The minimum Gasteiger partial charge on any atom is -0.495 e. The quantitative estimate of drug-likeness (QED) is 0.598. The third-order valence-corrected chi connectivity index (χ3v) is 2.78. The largest absolute Gasteiger partial charge is 0.495 e. The summed E-state index contributed by atoms with van der Waals surface area (Å²) in [5.74, 6) is -0.461. The molecule has 0 unspecified atom stereocenters. The molecule has 0 atom stereocenters. The van der Waals surface area contributed by atoms with Crippen molar-refractivity contribution in [2.24, 2.45) is 5.73 Å². The van der Waals surface area contributed by atoms with E-state index in [1.165, 1.54) is 25.1 Å². The van der Waals surface area contributed by atoms with Gasteiger partial charge in [-0.25, -0.2) is 0 Å². The van der Waals surface area contributed by atoms with E-state index < -0.39 is 5.91 Å². The van der Waals surface area contributed by atoms with Crippen LogP contribution in [0, 0.1) is 11.3 Å². The number of hydrogen-bond acceptors (Lipinski definition) is 5. The number of nitrogens with zero attached hydrogens (tertiary/aromatic N) is 2. The number of carbonyl (C=O) groups excluding carboxylic acids is 2. The second-order valence-electron chi connectivity index (χ2n) is 4.31. The number of carbonyl (C=O) groups is 2. The molecule has 22 heavy (non-hydrogen) atoms. The maximum Gasteiger partial charge on any atom is 0.267 e. The van der Waals surface area contributed by atoms with Crippen molar-refractivity contribution in [3.8, 4) is 11.8 Å². The van der Waals surface area contributed by atoms with E-state index in [1.54, 1.807) is 30.3 Å². The Morgan fingerprint density at radius 1 is 1.45 bits per heavy atom. The van der Waals surface area contributed by atoms with Gasteiger partial charge in [-0.3, -0.25) is 9.59 Å². The number of para-hydroxylation sites is 2. The van der Waals surface area contributed by atoms with Crippen molar-refractivity contribution in [1.82, 2.24) is 4.90 Å². The molecule has 0 saturated carbocycles. The number of benzene rings is 1. The van der Waals surface area contributed by atoms with Crippen LogP contribution in [0.4, 0.5) is 5.69 Å². The molecule has 0 aromatic heterocycles. The van der Waals surface area contributed by atoms with Gasteiger partial charge in [0.05, 0.1) is 12.8 Å². The van der Waals surface area contributed by atoms with Crippen molar-refractivity contribution in [3.05, 3.63) is 36.0 Å². The van der Waals surface area contributed by atoms with Gasteiger partial charge < -0.3 is 20.7 Å². The van der Waals surface area contributed by atoms with E-state index in [9.17, 15) is 9.59 Å². The fourth-order valence-corrected chi connectivity index (χ4v) is 1.68. The molecule has 2 amide bonds. The lowest BCUT2D eigenvalue weighted by Crippen LogP contribution is -2.30. The van der Waals surface area contributed by atoms with Gasteiger partial charge in [0.25, 0.3) is 5.91 Å². The highest BCUT2D eigenvalue weighted by Crippen LogP contribution is 2.23. The summed E-state index contributed by atoms with van der Waals surface area (Å²) < 4.78 is 5.12. The Balaban J connectivity index is 2.97. The molecule has 1 aromatic rings. The number of methoxy groups -OCH3 is 1. The SMILES string of the molecule is COc1ccccc1NC(=O)/C(C#N)=C\N(CCN)C(C)=O. The number of anilines is 1. The number of nitrogens with two attached hydrogens (primary N) is 1. The average Bonchev–Trinajstić information content (AvgIpc) is 2.51. The smallest absolute Gasteiger partial charge is 0.267 e. The molecule has 0 aliphatic heterocycles. The third kappa shape index (κ3) is 4.61. The molecule has 116 valence electrons. The molecule has 0 saturated heterocycles. The maximum atomic E-state index is 12.1. The monoisotopic (exact) mass is 302 g/mol. The lowest BCUT2D eigenvalue weighted by molar-refractivity contribution is -0.126. The van der Waals surface area contributed by atoms with E-state index in [-0.39, 0.29) is 24.6 Å². The van der Waals surface area contributed by atoms with E-state index in [0.717, 1.165) is 0 Å². The summed E-state index contributed by atoms with van der Waals surface area (Å²) in [7, 11) is 1.48. The van der Waals surface area contributed by atoms with E-state index in [0.29, 0.717) is 11.4 Å². The normalized spacial score (nSPS) is 10.5. The van der Waals surface area contributed by atoms with Crippen molar-refractivity contribution < 1.29 is 14.3 Å². The number of nitrogens with one attached hydrogen (secondary N) is 1. The van der Waals surface area contributed by atoms with Gasteiger partial charge in [-0.2, -0.15) is 5.26 Å². The van der Waals surface area contributed by atoms with Gasteiger partial charge in [0.1, 0.15) is 17.4 Å². The van der Waals surface area contributed by atoms with Gasteiger partial charge in [0.2, 0.25) is 5.91 Å². The molecule has 0 radical (unpaired) electrons. The Hall–Kier alpha value is -2.85. The summed E-state index contributed by atoms with van der Waals surface area (Å²) in [5, 5.41) is 11.7. The molecule has 0 heterocycles. The number of ether oxygens (including phenoxy) is 1. The van der Waals surface area contributed by atoms with Crippen LogP contribution in [0.3, 0.4) is 0 Å². The van der Waals surface area contributed by atoms with Crippen LogP contribution in [0.1, 0.15) is 6.92 Å². The van der Waals surface area contributed by atoms with E-state index in [1.807, 2.05) is 0 Å². The lowest BCUT2D eigenvalue weighted by atomic mass is 10.2. The van der Waals surface area contributed by atoms with Crippen LogP contribution in [0.15, 0.2) is 36.0 Å². The first kappa shape index (κ1) is 17.2. The zero-order chi connectivity index (χ0) is 16.5. The molecule has 1 aromatic carbocycles. The second-order valence-corrected chi connectivity index (χ2v) is 4.31. The molecule has 0 aliphatic rings. The van der Waals surface area contributed by atoms with Crippen molar-refractivity contribution in [3.63, 3.8) is 0 Å². The Morgan fingerprint density at radius 2 is 2.14 bits per heavy atom. The van der Waals surface area contributed by atoms with Gasteiger partial charge >= 0.3 is 0 Å². The highest BCUT2D eigenvalue weighted by Gasteiger charge is 2.15. The predicted octanol–water partition coefficient (Wildman–Crippen LogP) is 0.848. The molecule has 0 bridgehead atoms. The van der Waals surface area contributed by atoms with Crippen molar-refractivity contribution in [2.45, 2.75) is 6.92 Å². The average molecular weight is 302 g/mol. The number of hydrogen-bond donors (Lipinski definition) is 2. The van der Waals surface area contributed by atoms with Crippen LogP contribution in [-0.4, -0.2) is 36.9 Å². The fraction of sp³-hybridized carbons (Fsp3) is 0.267. The topological polar surface area (TPSA) is 108 Å². The van der Waals surface area contributed by atoms with Gasteiger partial charge in [-0.1, -0.05) is 12.1 Å². The van der Waals surface area contributed by atoms with E-state index in [4.69, 9.17) is 15.7 Å². The number of nitriles is 1. The summed E-state index contributed by atoms with van der Waals surface area (Å²) in [6.07, 6.45) is 1.19. The summed E-state index contributed by atoms with van der Waals surface area (Å²) in [4.78, 5) is 24.8. The first-order valence-electron chi connectivity index (χ1n) is 6.57. The van der Waals surface area contributed by atoms with Crippen molar-refractivity contribution in [2.75, 3.05) is 25.5 Å². The van der Waals surface area contributed by atoms with Crippen LogP contribution < -0.4 is 15.8 Å². The first-order valence-corrected chi connectivity index (χ1v) is 6.57. The summed E-state index contributed by atoms with van der Waals surface area (Å²) in [6.45, 7) is 1.78. The Morgan fingerprint density at radius 3 is 2.68 bits per heavy atom. The second kappa shape index (κ2) is 8.44. The van der Waals surface area contributed by atoms with Crippen LogP contribution in [0.25, 0.3) is 0 Å². The molecular formula is C15H18N4O3. The minimum atomic E-state index is -0.629. The first-order chi connectivity index (χ1) is 10.5. The fourth-order valence-electron chi connectivity index (χ4n) is 1.68. The van der Waals surface area contributed by atoms with E-state index in [2.05, 4.69) is 5.32 Å². The highest BCUT2D eigenvalue weighted by molar-refractivity contribution is 6.07. The molecule has 0 spiro atoms. The molecule has 3 N–H and O–H groups in total. The molecule has 7 heteroatoms. The summed E-state index contributed by atoms with van der Waals surface area (Å²) >= 11 is 0. The van der Waals surface area contributed by atoms with Crippen LogP contribution in [0.5, 0.6) is 5.75 Å². The Bertz CT molecular complexity index is 619. The zero-order valence-corrected chi connectivity index (χ0v) is 12.5. The zero-order valence-electron chi connectivity index (χ0n) is 12.5. The molecule has 0 fully saturated rings. The van der Waals surface area contributed by atoms with E-state index >= 15 is 0 Å². The third-order valence-electron chi connectivity index (χ3n) is 2.78. The maximum absolute atomic E-state index is 12.1. The van der Waals surface area contributed by atoms with Gasteiger partial charge in [-0.05, 0) is 12.1 Å². The summed E-state index contributed by atoms with van der Waals surface area (Å²) in [6, 6.07) is 8.59. The van der Waals surface area contributed by atoms with Crippen molar-refractivity contribution >= 4 is 17.5 Å². The number of rotatable bonds is 6. The van der Waals surface area contributed by atoms with Crippen LogP contribution in [0.2, 0.25) is 0 Å². The lowest BCUT2D eigenvalue weighted by Gasteiger charge is -2.16. The van der Waals surface area contributed by atoms with Gasteiger partial charge in [-0.15, -0.1) is 0 Å². The Kier molecular flexibility index (Phi) is 6.60. The highest BCUT2D eigenvalue weighted by atomic mass is 16.5. The van der Waals surface area contributed by atoms with Crippen molar-refractivity contribution in [1.29, 1.82) is 5.26 Å². The molecule has 0 aliphatic carbocycles. The summed E-state index contributed by atoms with van der Waals surface area (Å²) in [5.41, 5.74) is 5.63. The van der Waals surface area contributed by atoms with Gasteiger partial charge in [0.15, 0.2) is 0 Å². The van der Waals surface area contributed by atoms with Crippen LogP contribution in [-0.2, 0) is 9.59 Å². The van der Waals surface area contributed by atoms with Crippen LogP contribution >= 0.6 is 0 Å². The Labute approximate surface area is 129 Å². The predicted molar refractivity (Wildman–Crippen MR) is 81.8 cm³/mol. The number of amides is 2. The molecule has 7 nitrogen and oxygen atoms in total. The minimum absolute atomic E-state index is 0.199.